The van der Waals surface area contributed by atoms with Gasteiger partial charge in [-0.05, 0) is 17.7 Å². The molecule has 1 aromatic heterocycles. The fourth-order valence-electron chi connectivity index (χ4n) is 1.73. The highest BCUT2D eigenvalue weighted by Gasteiger charge is 2.13. The van der Waals surface area contributed by atoms with E-state index >= 15 is 0 Å². The van der Waals surface area contributed by atoms with E-state index in [1.807, 2.05) is 24.3 Å². The van der Waals surface area contributed by atoms with Crippen LogP contribution in [0, 0.1) is 0 Å². The standard InChI is InChI=1S/C13H16BrN3O2/c1-18-11(8-15)7-13-16-12(17-19-13)6-9-3-2-4-10(14)5-9/h2-5,11H,6-8,15H2,1H3. The van der Waals surface area contributed by atoms with Gasteiger partial charge in [-0.25, -0.2) is 0 Å². The summed E-state index contributed by atoms with van der Waals surface area (Å²) in [4.78, 5) is 4.34. The Morgan fingerprint density at radius 1 is 1.47 bits per heavy atom. The topological polar surface area (TPSA) is 74.2 Å². The van der Waals surface area contributed by atoms with Crippen LogP contribution in [-0.4, -0.2) is 29.9 Å². The van der Waals surface area contributed by atoms with E-state index in [0.717, 1.165) is 10.0 Å². The van der Waals surface area contributed by atoms with E-state index in [2.05, 4.69) is 26.1 Å². The first-order valence-electron chi connectivity index (χ1n) is 6.00. The number of hydrogen-bond acceptors (Lipinski definition) is 5. The molecule has 2 rings (SSSR count). The number of nitrogens with zero attached hydrogens (tertiary/aromatic N) is 2. The van der Waals surface area contributed by atoms with Crippen molar-refractivity contribution in [1.82, 2.24) is 10.1 Å². The van der Waals surface area contributed by atoms with Crippen molar-refractivity contribution in [2.24, 2.45) is 5.73 Å². The maximum Gasteiger partial charge on any atom is 0.229 e. The van der Waals surface area contributed by atoms with Crippen LogP contribution < -0.4 is 5.73 Å². The smallest absolute Gasteiger partial charge is 0.229 e. The van der Waals surface area contributed by atoms with E-state index in [4.69, 9.17) is 15.0 Å². The van der Waals surface area contributed by atoms with Crippen molar-refractivity contribution in [3.8, 4) is 0 Å². The lowest BCUT2D eigenvalue weighted by Gasteiger charge is -2.08. The second-order valence-electron chi connectivity index (χ2n) is 4.21. The molecule has 0 bridgehead atoms. The van der Waals surface area contributed by atoms with E-state index < -0.39 is 0 Å². The fraction of sp³-hybridized carbons (Fsp3) is 0.385. The van der Waals surface area contributed by atoms with Crippen LogP contribution in [0.4, 0.5) is 0 Å². The molecule has 0 aliphatic heterocycles. The van der Waals surface area contributed by atoms with Gasteiger partial charge in [0.05, 0.1) is 12.5 Å². The summed E-state index contributed by atoms with van der Waals surface area (Å²) in [6.07, 6.45) is 1.10. The molecule has 5 nitrogen and oxygen atoms in total. The second kappa shape index (κ2) is 6.79. The molecule has 2 aromatic rings. The minimum Gasteiger partial charge on any atom is -0.380 e. The molecular weight excluding hydrogens is 310 g/mol. The first kappa shape index (κ1) is 14.2. The number of hydrogen-bond donors (Lipinski definition) is 1. The van der Waals surface area contributed by atoms with Gasteiger partial charge < -0.3 is 15.0 Å². The Hall–Kier alpha value is -1.24. The second-order valence-corrected chi connectivity index (χ2v) is 5.12. The largest absolute Gasteiger partial charge is 0.380 e. The Labute approximate surface area is 120 Å². The highest BCUT2D eigenvalue weighted by molar-refractivity contribution is 9.10. The molecule has 0 amide bonds. The third kappa shape index (κ3) is 4.12. The summed E-state index contributed by atoms with van der Waals surface area (Å²) in [6, 6.07) is 8.03. The third-order valence-electron chi connectivity index (χ3n) is 2.76. The number of aromatic nitrogens is 2. The molecule has 0 aliphatic rings. The van der Waals surface area contributed by atoms with Gasteiger partial charge in [0, 0.05) is 24.5 Å². The van der Waals surface area contributed by atoms with E-state index in [-0.39, 0.29) is 6.10 Å². The lowest BCUT2D eigenvalue weighted by atomic mass is 10.1. The van der Waals surface area contributed by atoms with E-state index in [1.165, 1.54) is 0 Å². The summed E-state index contributed by atoms with van der Waals surface area (Å²) in [7, 11) is 1.62. The molecule has 1 heterocycles. The van der Waals surface area contributed by atoms with Gasteiger partial charge in [0.2, 0.25) is 5.89 Å². The molecule has 0 spiro atoms. The summed E-state index contributed by atoms with van der Waals surface area (Å²) in [5.74, 6) is 1.22. The maximum absolute atomic E-state index is 5.56. The monoisotopic (exact) mass is 325 g/mol. The molecule has 102 valence electrons. The fourth-order valence-corrected chi connectivity index (χ4v) is 2.18. The van der Waals surface area contributed by atoms with Gasteiger partial charge in [-0.15, -0.1) is 0 Å². The van der Waals surface area contributed by atoms with E-state index in [1.54, 1.807) is 7.11 Å². The van der Waals surface area contributed by atoms with Crippen LogP contribution in [0.5, 0.6) is 0 Å². The predicted octanol–water partition coefficient (Wildman–Crippen LogP) is 1.94. The van der Waals surface area contributed by atoms with Crippen molar-refractivity contribution < 1.29 is 9.26 Å². The van der Waals surface area contributed by atoms with Gasteiger partial charge in [0.15, 0.2) is 5.82 Å². The molecule has 1 aromatic carbocycles. The van der Waals surface area contributed by atoms with Crippen molar-refractivity contribution in [2.45, 2.75) is 18.9 Å². The van der Waals surface area contributed by atoms with Crippen LogP contribution in [0.2, 0.25) is 0 Å². The Morgan fingerprint density at radius 2 is 2.32 bits per heavy atom. The van der Waals surface area contributed by atoms with Crippen LogP contribution in [0.1, 0.15) is 17.3 Å². The summed E-state index contributed by atoms with van der Waals surface area (Å²) < 4.78 is 11.4. The Kier molecular flexibility index (Phi) is 5.07. The number of nitrogens with two attached hydrogens (primary N) is 1. The highest BCUT2D eigenvalue weighted by Crippen LogP contribution is 2.14. The zero-order chi connectivity index (χ0) is 13.7. The van der Waals surface area contributed by atoms with Crippen molar-refractivity contribution in [1.29, 1.82) is 0 Å². The van der Waals surface area contributed by atoms with Gasteiger partial charge in [-0.2, -0.15) is 4.98 Å². The van der Waals surface area contributed by atoms with Crippen molar-refractivity contribution in [3.05, 3.63) is 46.0 Å². The number of methoxy groups -OCH3 is 1. The van der Waals surface area contributed by atoms with Crippen molar-refractivity contribution >= 4 is 15.9 Å². The zero-order valence-corrected chi connectivity index (χ0v) is 12.3. The molecule has 0 saturated heterocycles. The van der Waals surface area contributed by atoms with Crippen LogP contribution >= 0.6 is 15.9 Å². The molecule has 6 heteroatoms. The Morgan fingerprint density at radius 3 is 3.00 bits per heavy atom. The minimum absolute atomic E-state index is 0.0841. The van der Waals surface area contributed by atoms with Gasteiger partial charge in [0.1, 0.15) is 0 Å². The summed E-state index contributed by atoms with van der Waals surface area (Å²) in [5, 5.41) is 3.97. The minimum atomic E-state index is -0.0841. The lowest BCUT2D eigenvalue weighted by Crippen LogP contribution is -2.24. The van der Waals surface area contributed by atoms with Crippen molar-refractivity contribution in [2.75, 3.05) is 13.7 Å². The summed E-state index contributed by atoms with van der Waals surface area (Å²) >= 11 is 3.44. The van der Waals surface area contributed by atoms with Gasteiger partial charge >= 0.3 is 0 Å². The molecule has 0 saturated carbocycles. The number of rotatable bonds is 6. The third-order valence-corrected chi connectivity index (χ3v) is 3.25. The van der Waals surface area contributed by atoms with Gasteiger partial charge in [-0.1, -0.05) is 33.2 Å². The van der Waals surface area contributed by atoms with Crippen molar-refractivity contribution in [3.63, 3.8) is 0 Å². The average molecular weight is 326 g/mol. The van der Waals surface area contributed by atoms with Crippen LogP contribution in [0.3, 0.4) is 0 Å². The van der Waals surface area contributed by atoms with Gasteiger partial charge in [-0.3, -0.25) is 0 Å². The first-order valence-corrected chi connectivity index (χ1v) is 6.79. The number of ether oxygens (including phenoxy) is 1. The number of benzene rings is 1. The molecule has 0 radical (unpaired) electrons. The molecular formula is C13H16BrN3O2. The van der Waals surface area contributed by atoms with E-state index in [0.29, 0.717) is 31.1 Å². The Balaban J connectivity index is 2.01. The molecule has 0 fully saturated rings. The highest BCUT2D eigenvalue weighted by atomic mass is 79.9. The van der Waals surface area contributed by atoms with Gasteiger partial charge in [0.25, 0.3) is 0 Å². The average Bonchev–Trinajstić information content (AvgIpc) is 2.83. The van der Waals surface area contributed by atoms with Crippen LogP contribution in [-0.2, 0) is 17.6 Å². The van der Waals surface area contributed by atoms with Crippen LogP contribution in [0.15, 0.2) is 33.3 Å². The zero-order valence-electron chi connectivity index (χ0n) is 10.7. The number of halogens is 1. The molecule has 19 heavy (non-hydrogen) atoms. The SMILES string of the molecule is COC(CN)Cc1nc(Cc2cccc(Br)c2)no1. The molecule has 2 N–H and O–H groups in total. The quantitative estimate of drug-likeness (QED) is 0.878. The molecule has 1 atom stereocenters. The first-order chi connectivity index (χ1) is 9.21. The predicted molar refractivity (Wildman–Crippen MR) is 74.8 cm³/mol. The molecule has 0 aliphatic carbocycles. The molecule has 1 unspecified atom stereocenters. The van der Waals surface area contributed by atoms with Crippen LogP contribution in [0.25, 0.3) is 0 Å². The summed E-state index contributed by atoms with van der Waals surface area (Å²) in [5.41, 5.74) is 6.69. The Bertz CT molecular complexity index is 526. The maximum atomic E-state index is 5.56. The normalized spacial score (nSPS) is 12.6. The summed E-state index contributed by atoms with van der Waals surface area (Å²) in [6.45, 7) is 0.430. The van der Waals surface area contributed by atoms with E-state index in [9.17, 15) is 0 Å². The lowest BCUT2D eigenvalue weighted by molar-refractivity contribution is 0.102.